The minimum absolute atomic E-state index is 0.236. The molecule has 1 amide bonds. The molecule has 0 radical (unpaired) electrons. The van der Waals surface area contributed by atoms with E-state index in [4.69, 9.17) is 14.1 Å². The van der Waals surface area contributed by atoms with Crippen LogP contribution in [0.4, 0.5) is 5.13 Å². The van der Waals surface area contributed by atoms with Crippen LogP contribution in [-0.2, 0) is 6.54 Å². The van der Waals surface area contributed by atoms with Crippen molar-refractivity contribution >= 4 is 43.6 Å². The largest absolute Gasteiger partial charge is 0.493 e. The number of rotatable bonds is 5. The number of aromatic nitrogens is 1. The first-order valence-electron chi connectivity index (χ1n) is 10.3. The lowest BCUT2D eigenvalue weighted by molar-refractivity contribution is 0.0960. The smallest absolute Gasteiger partial charge is 0.296 e. The van der Waals surface area contributed by atoms with Crippen LogP contribution in [0.1, 0.15) is 27.2 Å². The van der Waals surface area contributed by atoms with Gasteiger partial charge in [0.1, 0.15) is 0 Å². The molecule has 0 aliphatic carbocycles. The van der Waals surface area contributed by atoms with Gasteiger partial charge in [-0.05, 0) is 54.8 Å². The number of methoxy groups -OCH3 is 1. The van der Waals surface area contributed by atoms with Gasteiger partial charge in [-0.2, -0.15) is 0 Å². The number of aryl methyl sites for hydroxylation is 2. The van der Waals surface area contributed by atoms with E-state index in [0.717, 1.165) is 21.2 Å². The van der Waals surface area contributed by atoms with Crippen molar-refractivity contribution in [3.8, 4) is 5.75 Å². The highest BCUT2D eigenvalue weighted by Gasteiger charge is 2.25. The van der Waals surface area contributed by atoms with Crippen molar-refractivity contribution in [2.24, 2.45) is 0 Å². The SMILES string of the molecule is COc1cccc2cc(C(=O)N(Cc3ccccc3)c3nc4cc(C)c(C)cc4s3)oc12. The molecule has 0 bridgehead atoms. The Hall–Kier alpha value is -3.64. The van der Waals surface area contributed by atoms with Crippen molar-refractivity contribution in [2.45, 2.75) is 20.4 Å². The number of fused-ring (bicyclic) bond motifs is 2. The number of para-hydroxylation sites is 1. The van der Waals surface area contributed by atoms with E-state index < -0.39 is 0 Å². The summed E-state index contributed by atoms with van der Waals surface area (Å²) in [5.41, 5.74) is 4.86. The van der Waals surface area contributed by atoms with Crippen molar-refractivity contribution in [2.75, 3.05) is 12.0 Å². The summed E-state index contributed by atoms with van der Waals surface area (Å²) in [6.07, 6.45) is 0. The van der Waals surface area contributed by atoms with Gasteiger partial charge >= 0.3 is 0 Å². The molecule has 6 heteroatoms. The summed E-state index contributed by atoms with van der Waals surface area (Å²) in [5.74, 6) is 0.619. The summed E-state index contributed by atoms with van der Waals surface area (Å²) >= 11 is 1.51. The first-order chi connectivity index (χ1) is 15.5. The maximum absolute atomic E-state index is 13.7. The second-order valence-electron chi connectivity index (χ2n) is 7.77. The van der Waals surface area contributed by atoms with E-state index in [-0.39, 0.29) is 11.7 Å². The van der Waals surface area contributed by atoms with Gasteiger partial charge in [0.25, 0.3) is 5.91 Å². The molecule has 0 saturated carbocycles. The Morgan fingerprint density at radius 1 is 1.03 bits per heavy atom. The Morgan fingerprint density at radius 2 is 1.81 bits per heavy atom. The average Bonchev–Trinajstić information content (AvgIpc) is 3.42. The Kier molecular flexibility index (Phi) is 5.15. The summed E-state index contributed by atoms with van der Waals surface area (Å²) in [4.78, 5) is 20.2. The van der Waals surface area contributed by atoms with E-state index in [1.54, 1.807) is 18.1 Å². The van der Waals surface area contributed by atoms with Crippen LogP contribution in [0.3, 0.4) is 0 Å². The number of amides is 1. The van der Waals surface area contributed by atoms with Crippen molar-refractivity contribution < 1.29 is 13.9 Å². The van der Waals surface area contributed by atoms with Crippen LogP contribution < -0.4 is 9.64 Å². The first kappa shape index (κ1) is 20.3. The Morgan fingerprint density at radius 3 is 2.59 bits per heavy atom. The Balaban J connectivity index is 1.60. The lowest BCUT2D eigenvalue weighted by atomic mass is 10.1. The van der Waals surface area contributed by atoms with Crippen LogP contribution >= 0.6 is 11.3 Å². The molecule has 0 N–H and O–H groups in total. The quantitative estimate of drug-likeness (QED) is 0.311. The molecule has 160 valence electrons. The highest BCUT2D eigenvalue weighted by atomic mass is 32.1. The number of furan rings is 1. The number of nitrogens with zero attached hydrogens (tertiary/aromatic N) is 2. The van der Waals surface area contributed by atoms with Gasteiger partial charge in [0.2, 0.25) is 0 Å². The maximum atomic E-state index is 13.7. The summed E-state index contributed by atoms with van der Waals surface area (Å²) in [6.45, 7) is 4.55. The number of benzene rings is 3. The van der Waals surface area contributed by atoms with E-state index in [1.165, 1.54) is 22.5 Å². The second-order valence-corrected chi connectivity index (χ2v) is 8.78. The van der Waals surface area contributed by atoms with Gasteiger partial charge in [-0.15, -0.1) is 0 Å². The number of thiazole rings is 1. The van der Waals surface area contributed by atoms with Gasteiger partial charge < -0.3 is 9.15 Å². The summed E-state index contributed by atoms with van der Waals surface area (Å²) in [5, 5.41) is 1.47. The number of carbonyl (C=O) groups is 1. The van der Waals surface area contributed by atoms with Gasteiger partial charge in [0.05, 0.1) is 23.9 Å². The molecule has 0 unspecified atom stereocenters. The van der Waals surface area contributed by atoms with E-state index in [0.29, 0.717) is 23.0 Å². The Labute approximate surface area is 189 Å². The fourth-order valence-electron chi connectivity index (χ4n) is 3.71. The maximum Gasteiger partial charge on any atom is 0.296 e. The van der Waals surface area contributed by atoms with Gasteiger partial charge in [0.15, 0.2) is 22.2 Å². The van der Waals surface area contributed by atoms with Crippen molar-refractivity contribution in [1.82, 2.24) is 4.98 Å². The number of carbonyl (C=O) groups excluding carboxylic acids is 1. The van der Waals surface area contributed by atoms with Crippen LogP contribution in [0.5, 0.6) is 5.75 Å². The molecule has 0 aliphatic rings. The predicted molar refractivity (Wildman–Crippen MR) is 129 cm³/mol. The zero-order valence-electron chi connectivity index (χ0n) is 18.1. The molecular weight excluding hydrogens is 420 g/mol. The number of hydrogen-bond donors (Lipinski definition) is 0. The molecule has 32 heavy (non-hydrogen) atoms. The van der Waals surface area contributed by atoms with Gasteiger partial charge in [-0.1, -0.05) is 53.8 Å². The lowest BCUT2D eigenvalue weighted by Crippen LogP contribution is -2.30. The summed E-state index contributed by atoms with van der Waals surface area (Å²) in [7, 11) is 1.59. The molecule has 3 aromatic carbocycles. The minimum atomic E-state index is -0.236. The van der Waals surface area contributed by atoms with Crippen LogP contribution in [-0.4, -0.2) is 18.0 Å². The van der Waals surface area contributed by atoms with Crippen molar-refractivity contribution in [1.29, 1.82) is 0 Å². The molecule has 5 aromatic rings. The zero-order valence-corrected chi connectivity index (χ0v) is 18.9. The normalized spacial score (nSPS) is 11.2. The average molecular weight is 443 g/mol. The van der Waals surface area contributed by atoms with Crippen molar-refractivity contribution in [3.05, 3.63) is 89.2 Å². The third-order valence-corrected chi connectivity index (χ3v) is 6.63. The van der Waals surface area contributed by atoms with Gasteiger partial charge in [-0.25, -0.2) is 4.98 Å². The minimum Gasteiger partial charge on any atom is -0.493 e. The molecule has 2 heterocycles. The van der Waals surface area contributed by atoms with E-state index in [9.17, 15) is 4.79 Å². The van der Waals surface area contributed by atoms with E-state index in [2.05, 4.69) is 26.0 Å². The summed E-state index contributed by atoms with van der Waals surface area (Å²) in [6, 6.07) is 21.5. The molecule has 0 atom stereocenters. The topological polar surface area (TPSA) is 55.6 Å². The van der Waals surface area contributed by atoms with Gasteiger partial charge in [0, 0.05) is 5.39 Å². The molecule has 0 fully saturated rings. The Bertz CT molecular complexity index is 1400. The molecule has 0 spiro atoms. The third kappa shape index (κ3) is 3.63. The predicted octanol–water partition coefficient (Wildman–Crippen LogP) is 6.51. The third-order valence-electron chi connectivity index (χ3n) is 5.59. The van der Waals surface area contributed by atoms with Gasteiger partial charge in [-0.3, -0.25) is 9.69 Å². The highest BCUT2D eigenvalue weighted by Crippen LogP contribution is 2.34. The monoisotopic (exact) mass is 442 g/mol. The van der Waals surface area contributed by atoms with Crippen LogP contribution in [0.15, 0.2) is 71.1 Å². The second kappa shape index (κ2) is 8.13. The fourth-order valence-corrected chi connectivity index (χ4v) is 4.75. The van der Waals surface area contributed by atoms with Crippen LogP contribution in [0.2, 0.25) is 0 Å². The lowest BCUT2D eigenvalue weighted by Gasteiger charge is -2.18. The van der Waals surface area contributed by atoms with E-state index >= 15 is 0 Å². The first-order valence-corrected chi connectivity index (χ1v) is 11.2. The van der Waals surface area contributed by atoms with E-state index in [1.807, 2.05) is 48.5 Å². The van der Waals surface area contributed by atoms with Crippen LogP contribution in [0, 0.1) is 13.8 Å². The van der Waals surface area contributed by atoms with Crippen LogP contribution in [0.25, 0.3) is 21.2 Å². The molecule has 5 nitrogen and oxygen atoms in total. The zero-order chi connectivity index (χ0) is 22.2. The number of anilines is 1. The highest BCUT2D eigenvalue weighted by molar-refractivity contribution is 7.22. The van der Waals surface area contributed by atoms with Crippen molar-refractivity contribution in [3.63, 3.8) is 0 Å². The number of hydrogen-bond acceptors (Lipinski definition) is 5. The molecular formula is C26H22N2O3S. The standard InChI is InChI=1S/C26H22N2O3S/c1-16-12-20-23(13-17(16)2)32-26(27-20)28(15-18-8-5-4-6-9-18)25(29)22-14-19-10-7-11-21(30-3)24(19)31-22/h4-14H,15H2,1-3H3. The number of ether oxygens (including phenoxy) is 1. The molecule has 0 saturated heterocycles. The fraction of sp³-hybridized carbons (Fsp3) is 0.154. The molecule has 0 aliphatic heterocycles. The molecule has 2 aromatic heterocycles. The molecule has 5 rings (SSSR count). The summed E-state index contributed by atoms with van der Waals surface area (Å²) < 4.78 is 12.4.